The summed E-state index contributed by atoms with van der Waals surface area (Å²) < 4.78 is 0. The van der Waals surface area contributed by atoms with Crippen LogP contribution >= 0.6 is 23.4 Å². The van der Waals surface area contributed by atoms with Gasteiger partial charge in [-0.15, -0.1) is 11.8 Å². The summed E-state index contributed by atoms with van der Waals surface area (Å²) in [5, 5.41) is 3.44. The van der Waals surface area contributed by atoms with E-state index in [2.05, 4.69) is 5.32 Å². The molecule has 0 unspecified atom stereocenters. The largest absolute Gasteiger partial charge is 0.326 e. The molecule has 0 fully saturated rings. The zero-order valence-electron chi connectivity index (χ0n) is 13.2. The van der Waals surface area contributed by atoms with Crippen molar-refractivity contribution in [1.82, 2.24) is 0 Å². The number of amides is 2. The first-order valence-electron chi connectivity index (χ1n) is 7.63. The molecule has 24 heavy (non-hydrogen) atoms. The van der Waals surface area contributed by atoms with Gasteiger partial charge < -0.3 is 10.2 Å². The summed E-state index contributed by atoms with van der Waals surface area (Å²) in [4.78, 5) is 27.1. The average Bonchev–Trinajstić information content (AvgIpc) is 2.57. The first-order chi connectivity index (χ1) is 11.5. The van der Waals surface area contributed by atoms with Gasteiger partial charge in [0.1, 0.15) is 0 Å². The lowest BCUT2D eigenvalue weighted by molar-refractivity contribution is -0.117. The third-order valence-corrected chi connectivity index (χ3v) is 5.28. The number of nitrogens with one attached hydrogen (secondary N) is 1. The molecule has 124 valence electrons. The van der Waals surface area contributed by atoms with E-state index in [0.717, 1.165) is 16.1 Å². The molecule has 1 N–H and O–H groups in total. The molecule has 6 heteroatoms. The second-order valence-electron chi connectivity index (χ2n) is 5.56. The van der Waals surface area contributed by atoms with Crippen LogP contribution in [-0.2, 0) is 9.59 Å². The van der Waals surface area contributed by atoms with E-state index in [1.54, 1.807) is 11.0 Å². The maximum Gasteiger partial charge on any atom is 0.237 e. The van der Waals surface area contributed by atoms with E-state index >= 15 is 0 Å². The smallest absolute Gasteiger partial charge is 0.237 e. The predicted octanol–water partition coefficient (Wildman–Crippen LogP) is 4.12. The van der Waals surface area contributed by atoms with Crippen molar-refractivity contribution in [2.75, 3.05) is 22.5 Å². The van der Waals surface area contributed by atoms with Gasteiger partial charge in [0.05, 0.1) is 11.4 Å². The number of rotatable bonds is 4. The van der Waals surface area contributed by atoms with Crippen molar-refractivity contribution >= 4 is 46.6 Å². The van der Waals surface area contributed by atoms with Gasteiger partial charge in [-0.1, -0.05) is 29.8 Å². The average molecular weight is 361 g/mol. The van der Waals surface area contributed by atoms with Crippen LogP contribution in [0.25, 0.3) is 0 Å². The number of hydrogen-bond donors (Lipinski definition) is 1. The Morgan fingerprint density at radius 2 is 2.08 bits per heavy atom. The number of carbonyl (C=O) groups is 2. The Morgan fingerprint density at radius 3 is 2.88 bits per heavy atom. The highest BCUT2D eigenvalue weighted by molar-refractivity contribution is 8.00. The van der Waals surface area contributed by atoms with Crippen LogP contribution in [0.1, 0.15) is 12.0 Å². The van der Waals surface area contributed by atoms with Crippen molar-refractivity contribution in [2.24, 2.45) is 0 Å². The summed E-state index contributed by atoms with van der Waals surface area (Å²) in [6.07, 6.45) is 0.232. The van der Waals surface area contributed by atoms with E-state index in [1.807, 2.05) is 43.3 Å². The van der Waals surface area contributed by atoms with Crippen LogP contribution in [0.15, 0.2) is 47.4 Å². The lowest BCUT2D eigenvalue weighted by Crippen LogP contribution is -2.37. The molecule has 1 heterocycles. The van der Waals surface area contributed by atoms with Gasteiger partial charge in [-0.25, -0.2) is 0 Å². The topological polar surface area (TPSA) is 49.4 Å². The quantitative estimate of drug-likeness (QED) is 0.892. The molecule has 4 nitrogen and oxygen atoms in total. The van der Waals surface area contributed by atoms with E-state index in [4.69, 9.17) is 11.6 Å². The second-order valence-corrected chi connectivity index (χ2v) is 6.99. The number of thioether (sulfide) groups is 1. The monoisotopic (exact) mass is 360 g/mol. The van der Waals surface area contributed by atoms with Gasteiger partial charge >= 0.3 is 0 Å². The Hall–Kier alpha value is -1.98. The van der Waals surface area contributed by atoms with Gasteiger partial charge in [0.2, 0.25) is 11.8 Å². The van der Waals surface area contributed by atoms with Crippen molar-refractivity contribution in [3.63, 3.8) is 0 Å². The second kappa shape index (κ2) is 7.28. The highest BCUT2D eigenvalue weighted by atomic mass is 35.5. The number of para-hydroxylation sites is 1. The van der Waals surface area contributed by atoms with Crippen LogP contribution in [0.5, 0.6) is 0 Å². The van der Waals surface area contributed by atoms with Gasteiger partial charge in [0, 0.05) is 28.6 Å². The molecule has 0 aliphatic carbocycles. The molecule has 0 saturated heterocycles. The van der Waals surface area contributed by atoms with E-state index in [9.17, 15) is 9.59 Å². The lowest BCUT2D eigenvalue weighted by Gasteiger charge is -2.28. The zero-order valence-corrected chi connectivity index (χ0v) is 14.8. The SMILES string of the molecule is Cc1ccc(NC(=O)CCN2C(=O)CSc3ccccc32)cc1Cl. The highest BCUT2D eigenvalue weighted by Crippen LogP contribution is 2.34. The first-order valence-corrected chi connectivity index (χ1v) is 8.99. The fourth-order valence-corrected chi connectivity index (χ4v) is 3.62. The van der Waals surface area contributed by atoms with Crippen LogP contribution < -0.4 is 10.2 Å². The Balaban J connectivity index is 1.64. The minimum Gasteiger partial charge on any atom is -0.326 e. The minimum absolute atomic E-state index is 0.0323. The Morgan fingerprint density at radius 1 is 1.29 bits per heavy atom. The van der Waals surface area contributed by atoms with Crippen molar-refractivity contribution in [3.05, 3.63) is 53.1 Å². The van der Waals surface area contributed by atoms with Gasteiger partial charge in [-0.3, -0.25) is 9.59 Å². The fourth-order valence-electron chi connectivity index (χ4n) is 2.51. The highest BCUT2D eigenvalue weighted by Gasteiger charge is 2.24. The zero-order chi connectivity index (χ0) is 17.1. The number of nitrogens with zero attached hydrogens (tertiary/aromatic N) is 1. The van der Waals surface area contributed by atoms with Crippen LogP contribution in [0.3, 0.4) is 0 Å². The number of carbonyl (C=O) groups excluding carboxylic acids is 2. The fraction of sp³-hybridized carbons (Fsp3) is 0.222. The third kappa shape index (κ3) is 3.74. The maximum absolute atomic E-state index is 12.2. The minimum atomic E-state index is -0.140. The number of aryl methyl sites for hydroxylation is 1. The van der Waals surface area contributed by atoms with Crippen molar-refractivity contribution in [1.29, 1.82) is 0 Å². The molecule has 0 spiro atoms. The predicted molar refractivity (Wildman–Crippen MR) is 99.0 cm³/mol. The van der Waals surface area contributed by atoms with E-state index < -0.39 is 0 Å². The van der Waals surface area contributed by atoms with Gasteiger partial charge in [0.15, 0.2) is 0 Å². The van der Waals surface area contributed by atoms with Crippen LogP contribution in [0.2, 0.25) is 5.02 Å². The molecule has 2 aromatic carbocycles. The number of halogens is 1. The molecule has 0 aromatic heterocycles. The standard InChI is InChI=1S/C18H17ClN2O2S/c1-12-6-7-13(10-14(12)19)20-17(22)8-9-21-15-4-2-3-5-16(15)24-11-18(21)23/h2-7,10H,8-9,11H2,1H3,(H,20,22). The molecule has 1 aliphatic heterocycles. The number of benzene rings is 2. The molecule has 2 aromatic rings. The van der Waals surface area contributed by atoms with Crippen molar-refractivity contribution in [2.45, 2.75) is 18.2 Å². The number of fused-ring (bicyclic) bond motifs is 1. The van der Waals surface area contributed by atoms with E-state index in [0.29, 0.717) is 23.0 Å². The third-order valence-electron chi connectivity index (χ3n) is 3.83. The van der Waals surface area contributed by atoms with E-state index in [1.165, 1.54) is 11.8 Å². The molecule has 1 aliphatic rings. The van der Waals surface area contributed by atoms with Crippen molar-refractivity contribution < 1.29 is 9.59 Å². The molecule has 2 amide bonds. The van der Waals surface area contributed by atoms with Gasteiger partial charge in [0.25, 0.3) is 0 Å². The summed E-state index contributed by atoms with van der Waals surface area (Å²) in [5.41, 5.74) is 2.50. The Labute approximate surface area is 150 Å². The summed E-state index contributed by atoms with van der Waals surface area (Å²) in [6.45, 7) is 2.27. The molecule has 0 bridgehead atoms. The maximum atomic E-state index is 12.2. The lowest BCUT2D eigenvalue weighted by atomic mass is 10.2. The number of hydrogen-bond acceptors (Lipinski definition) is 3. The Kier molecular flexibility index (Phi) is 5.11. The van der Waals surface area contributed by atoms with Crippen molar-refractivity contribution in [3.8, 4) is 0 Å². The summed E-state index contributed by atoms with van der Waals surface area (Å²) in [7, 11) is 0. The normalized spacial score (nSPS) is 13.6. The van der Waals surface area contributed by atoms with Crippen LogP contribution in [0, 0.1) is 6.92 Å². The molecular formula is C18H17ClN2O2S. The number of anilines is 2. The summed E-state index contributed by atoms with van der Waals surface area (Å²) in [5.74, 6) is 0.301. The molecule has 0 atom stereocenters. The Bertz CT molecular complexity index is 794. The summed E-state index contributed by atoms with van der Waals surface area (Å²) >= 11 is 7.60. The van der Waals surface area contributed by atoms with Crippen LogP contribution in [0.4, 0.5) is 11.4 Å². The van der Waals surface area contributed by atoms with Gasteiger partial charge in [-0.05, 0) is 36.8 Å². The van der Waals surface area contributed by atoms with E-state index in [-0.39, 0.29) is 18.2 Å². The molecule has 0 radical (unpaired) electrons. The van der Waals surface area contributed by atoms with Gasteiger partial charge in [-0.2, -0.15) is 0 Å². The molecule has 0 saturated carbocycles. The van der Waals surface area contributed by atoms with Crippen LogP contribution in [-0.4, -0.2) is 24.1 Å². The first kappa shape index (κ1) is 16.9. The summed E-state index contributed by atoms with van der Waals surface area (Å²) in [6, 6.07) is 13.2. The molecular weight excluding hydrogens is 344 g/mol. The molecule has 3 rings (SSSR count).